The lowest BCUT2D eigenvalue weighted by atomic mass is 9.72. The van der Waals surface area contributed by atoms with E-state index in [1.165, 1.54) is 13.2 Å². The number of piperidine rings is 1. The van der Waals surface area contributed by atoms with Gasteiger partial charge in [-0.25, -0.2) is 9.18 Å². The Kier molecular flexibility index (Phi) is 11.8. The van der Waals surface area contributed by atoms with E-state index in [2.05, 4.69) is 5.32 Å². The van der Waals surface area contributed by atoms with Crippen LogP contribution in [0.2, 0.25) is 5.02 Å². The second kappa shape index (κ2) is 15.5. The van der Waals surface area contributed by atoms with Gasteiger partial charge in [0.1, 0.15) is 5.82 Å². The van der Waals surface area contributed by atoms with E-state index in [1.807, 2.05) is 43.3 Å². The third-order valence-corrected chi connectivity index (χ3v) is 9.04. The third kappa shape index (κ3) is 7.97. The second-order valence-corrected chi connectivity index (χ2v) is 12.0. The number of halogens is 2. The fourth-order valence-corrected chi connectivity index (χ4v) is 6.44. The molecule has 9 heteroatoms. The van der Waals surface area contributed by atoms with Crippen LogP contribution in [0.1, 0.15) is 61.6 Å². The molecule has 44 heavy (non-hydrogen) atoms. The Hall–Kier alpha value is -3.46. The second-order valence-electron chi connectivity index (χ2n) is 11.5. The van der Waals surface area contributed by atoms with E-state index in [-0.39, 0.29) is 37.1 Å². The van der Waals surface area contributed by atoms with Crippen molar-refractivity contribution < 1.29 is 23.8 Å². The van der Waals surface area contributed by atoms with Gasteiger partial charge in [-0.15, -0.1) is 0 Å². The van der Waals surface area contributed by atoms with Gasteiger partial charge in [-0.1, -0.05) is 67.1 Å². The van der Waals surface area contributed by atoms with Gasteiger partial charge in [0, 0.05) is 48.5 Å². The summed E-state index contributed by atoms with van der Waals surface area (Å²) in [4.78, 5) is 27.1. The normalized spacial score (nSPS) is 17.0. The fourth-order valence-electron chi connectivity index (χ4n) is 6.31. The number of carbonyl (C=O) groups excluding carboxylic acids is 2. The van der Waals surface area contributed by atoms with E-state index >= 15 is 4.39 Å². The minimum Gasteiger partial charge on any atom is -0.453 e. The Morgan fingerprint density at radius 2 is 1.93 bits per heavy atom. The van der Waals surface area contributed by atoms with Crippen LogP contribution in [0.3, 0.4) is 0 Å². The van der Waals surface area contributed by atoms with Crippen LogP contribution in [0.5, 0.6) is 0 Å². The molecule has 2 amide bonds. The smallest absolute Gasteiger partial charge is 0.406 e. The number of aliphatic hydroxyl groups is 1. The van der Waals surface area contributed by atoms with Crippen LogP contribution >= 0.6 is 11.6 Å². The van der Waals surface area contributed by atoms with Crippen LogP contribution in [-0.4, -0.2) is 55.3 Å². The Balaban J connectivity index is 1.65. The number of nitrogens with one attached hydrogen (secondary N) is 1. The highest BCUT2D eigenvalue weighted by molar-refractivity contribution is 6.30. The number of alkyl carbamates (subject to hydrolysis) is 1. The Labute approximate surface area is 264 Å². The van der Waals surface area contributed by atoms with Crippen molar-refractivity contribution in [1.82, 2.24) is 10.2 Å². The summed E-state index contributed by atoms with van der Waals surface area (Å²) in [5, 5.41) is 16.0. The average Bonchev–Trinajstić information content (AvgIpc) is 3.05. The number of rotatable bonds is 12. The summed E-state index contributed by atoms with van der Waals surface area (Å²) in [5.41, 5.74) is 8.17. The number of ether oxygens (including phenoxy) is 1. The molecule has 3 atom stereocenters. The third-order valence-electron chi connectivity index (χ3n) is 8.79. The van der Waals surface area contributed by atoms with E-state index in [1.54, 1.807) is 29.2 Å². The van der Waals surface area contributed by atoms with E-state index < -0.39 is 17.5 Å². The number of benzene rings is 3. The highest BCUT2D eigenvalue weighted by Gasteiger charge is 2.43. The number of aryl methyl sites for hydroxylation is 1. The lowest BCUT2D eigenvalue weighted by Crippen LogP contribution is -2.49. The number of carbonyl (C=O) groups is 2. The van der Waals surface area contributed by atoms with Crippen LogP contribution in [0, 0.1) is 11.7 Å². The number of nitrogens with zero attached hydrogens (tertiary/aromatic N) is 1. The maximum Gasteiger partial charge on any atom is 0.406 e. The van der Waals surface area contributed by atoms with Crippen LogP contribution in [-0.2, 0) is 21.6 Å². The lowest BCUT2D eigenvalue weighted by molar-refractivity contribution is -0.137. The van der Waals surface area contributed by atoms with Gasteiger partial charge in [0.25, 0.3) is 0 Å². The van der Waals surface area contributed by atoms with E-state index in [9.17, 15) is 14.7 Å². The van der Waals surface area contributed by atoms with E-state index in [0.29, 0.717) is 60.6 Å². The molecule has 236 valence electrons. The fraction of sp³-hybridized carbons (Fsp3) is 0.429. The molecule has 0 bridgehead atoms. The first-order chi connectivity index (χ1) is 21.2. The molecule has 1 fully saturated rings. The molecule has 3 aromatic carbocycles. The molecular formula is C35H43ClFN3O4. The topological polar surface area (TPSA) is 105 Å². The van der Waals surface area contributed by atoms with Crippen molar-refractivity contribution in [1.29, 1.82) is 0 Å². The van der Waals surface area contributed by atoms with Crippen molar-refractivity contribution in [2.75, 3.05) is 33.3 Å². The number of likely N-dealkylation sites (tertiary alicyclic amines) is 1. The molecule has 0 radical (unpaired) electrons. The largest absolute Gasteiger partial charge is 0.453 e. The Morgan fingerprint density at radius 1 is 1.18 bits per heavy atom. The molecule has 1 aliphatic heterocycles. The van der Waals surface area contributed by atoms with Crippen molar-refractivity contribution >= 4 is 23.6 Å². The Bertz CT molecular complexity index is 1420. The van der Waals surface area contributed by atoms with Crippen LogP contribution in [0.4, 0.5) is 9.18 Å². The van der Waals surface area contributed by atoms with Gasteiger partial charge in [0.15, 0.2) is 0 Å². The van der Waals surface area contributed by atoms with Crippen LogP contribution in [0.15, 0.2) is 66.7 Å². The van der Waals surface area contributed by atoms with Gasteiger partial charge in [-0.2, -0.15) is 0 Å². The summed E-state index contributed by atoms with van der Waals surface area (Å²) in [6.07, 6.45) is 2.51. The quantitative estimate of drug-likeness (QED) is 0.202. The first-order valence-electron chi connectivity index (χ1n) is 15.4. The van der Waals surface area contributed by atoms with E-state index in [4.69, 9.17) is 22.1 Å². The molecule has 0 aromatic heterocycles. The van der Waals surface area contributed by atoms with E-state index in [0.717, 1.165) is 17.5 Å². The number of amides is 2. The first kappa shape index (κ1) is 33.4. The van der Waals surface area contributed by atoms with Crippen molar-refractivity contribution in [3.8, 4) is 11.1 Å². The summed E-state index contributed by atoms with van der Waals surface area (Å²) < 4.78 is 20.4. The summed E-state index contributed by atoms with van der Waals surface area (Å²) in [5.74, 6) is -0.978. The SMILES string of the molecule is CCc1cccc(-c2c(F)cccc2C(O)(CCCNC(=O)OC)C2CCCN(C(=O)CC(CN)c3ccc(Cl)cc3)C2)c1. The van der Waals surface area contributed by atoms with Gasteiger partial charge < -0.3 is 25.8 Å². The minimum absolute atomic E-state index is 0.0371. The molecule has 3 aromatic rings. The van der Waals surface area contributed by atoms with Crippen LogP contribution in [0.25, 0.3) is 11.1 Å². The zero-order valence-corrected chi connectivity index (χ0v) is 26.3. The predicted octanol–water partition coefficient (Wildman–Crippen LogP) is 6.40. The zero-order chi connectivity index (χ0) is 31.7. The van der Waals surface area contributed by atoms with Crippen molar-refractivity contribution in [2.24, 2.45) is 11.7 Å². The van der Waals surface area contributed by atoms with Gasteiger partial charge in [0.05, 0.1) is 12.7 Å². The maximum absolute atomic E-state index is 15.7. The molecule has 3 unspecified atom stereocenters. The molecule has 7 nitrogen and oxygen atoms in total. The van der Waals surface area contributed by atoms with Crippen LogP contribution < -0.4 is 11.1 Å². The van der Waals surface area contributed by atoms with Gasteiger partial charge >= 0.3 is 6.09 Å². The number of hydrogen-bond donors (Lipinski definition) is 3. The van der Waals surface area contributed by atoms with Gasteiger partial charge in [-0.3, -0.25) is 4.79 Å². The minimum atomic E-state index is -1.47. The molecule has 4 N–H and O–H groups in total. The maximum atomic E-state index is 15.7. The summed E-state index contributed by atoms with van der Waals surface area (Å²) in [6.45, 7) is 3.52. The molecule has 1 aliphatic rings. The van der Waals surface area contributed by atoms with Crippen molar-refractivity contribution in [3.63, 3.8) is 0 Å². The summed E-state index contributed by atoms with van der Waals surface area (Å²) in [6, 6.07) is 19.9. The number of nitrogens with two attached hydrogens (primary N) is 1. The molecule has 0 aliphatic carbocycles. The standard InChI is InChI=1S/C35H43ClFN3O4/c1-3-24-8-4-9-26(20-24)33-30(11-5-12-31(33)37)35(43,17-7-18-39-34(42)44-2)28-10-6-19-40(23-28)32(41)21-27(22-38)25-13-15-29(36)16-14-25/h4-5,8-9,11-16,20,27-28,43H,3,6-7,10,17-19,21-23,38H2,1-2H3,(H,39,42). The number of hydrogen-bond acceptors (Lipinski definition) is 5. The summed E-state index contributed by atoms with van der Waals surface area (Å²) in [7, 11) is 1.30. The van der Waals surface area contributed by atoms with Crippen molar-refractivity contribution in [2.45, 2.75) is 57.0 Å². The molecule has 1 heterocycles. The van der Waals surface area contributed by atoms with Gasteiger partial charge in [-0.05, 0) is 79.1 Å². The molecule has 0 spiro atoms. The summed E-state index contributed by atoms with van der Waals surface area (Å²) >= 11 is 6.06. The predicted molar refractivity (Wildman–Crippen MR) is 172 cm³/mol. The average molecular weight is 624 g/mol. The van der Waals surface area contributed by atoms with Crippen molar-refractivity contribution in [3.05, 3.63) is 94.3 Å². The lowest BCUT2D eigenvalue weighted by Gasteiger charge is -2.44. The monoisotopic (exact) mass is 623 g/mol. The molecular weight excluding hydrogens is 581 g/mol. The highest BCUT2D eigenvalue weighted by atomic mass is 35.5. The molecule has 1 saturated heterocycles. The molecule has 4 rings (SSSR count). The zero-order valence-electron chi connectivity index (χ0n) is 25.5. The Morgan fingerprint density at radius 3 is 2.64 bits per heavy atom. The molecule has 0 saturated carbocycles. The first-order valence-corrected chi connectivity index (χ1v) is 15.7. The highest BCUT2D eigenvalue weighted by Crippen LogP contribution is 2.44. The number of methoxy groups -OCH3 is 1. The van der Waals surface area contributed by atoms with Gasteiger partial charge in [0.2, 0.25) is 5.91 Å².